The molecule has 7 nitrogen and oxygen atoms in total. The van der Waals surface area contributed by atoms with Crippen molar-refractivity contribution in [3.05, 3.63) is 62.7 Å². The Morgan fingerprint density at radius 3 is 2.45 bits per heavy atom. The fraction of sp³-hybridized carbons (Fsp3) is 0.375. The summed E-state index contributed by atoms with van der Waals surface area (Å²) in [5, 5.41) is 10.4. The molecule has 4 rings (SSSR count). The highest BCUT2D eigenvalue weighted by Crippen LogP contribution is 2.40. The first kappa shape index (κ1) is 27.7. The van der Waals surface area contributed by atoms with Gasteiger partial charge in [-0.3, -0.25) is 14.2 Å². The van der Waals surface area contributed by atoms with Crippen molar-refractivity contribution in [1.29, 1.82) is 0 Å². The van der Waals surface area contributed by atoms with Gasteiger partial charge in [-0.2, -0.15) is 13.2 Å². The van der Waals surface area contributed by atoms with Gasteiger partial charge in [0.1, 0.15) is 23.1 Å². The molecule has 2 aromatic heterocycles. The van der Waals surface area contributed by atoms with Crippen LogP contribution in [-0.2, 0) is 0 Å². The third-order valence-electron chi connectivity index (χ3n) is 6.01. The second kappa shape index (κ2) is 10.1. The molecule has 0 radical (unpaired) electrons. The Hall–Kier alpha value is -3.32. The minimum absolute atomic E-state index is 0.0915. The number of hydrogen-bond donors (Lipinski definition) is 2. The third kappa shape index (κ3) is 5.44. The van der Waals surface area contributed by atoms with Gasteiger partial charge in [0.15, 0.2) is 23.1 Å². The van der Waals surface area contributed by atoms with Crippen molar-refractivity contribution in [3.8, 4) is 5.69 Å². The SMILES string of the molecule is C[C@H](O)CN(C)c1nc2c(cc1F)c(=O)c(C(=O)N[C@@H](C1CC1)C(F)(F)F)cn2-c1c(F)cc(F)cc1Cl. The summed E-state index contributed by atoms with van der Waals surface area (Å²) in [4.78, 5) is 31.4. The van der Waals surface area contributed by atoms with E-state index in [0.29, 0.717) is 12.1 Å². The van der Waals surface area contributed by atoms with Crippen LogP contribution in [0.1, 0.15) is 30.1 Å². The van der Waals surface area contributed by atoms with Crippen LogP contribution >= 0.6 is 11.6 Å². The van der Waals surface area contributed by atoms with Crippen LogP contribution in [0.4, 0.5) is 32.2 Å². The van der Waals surface area contributed by atoms with E-state index in [4.69, 9.17) is 11.6 Å². The highest BCUT2D eigenvalue weighted by Gasteiger charge is 2.50. The number of carbonyl (C=O) groups excluding carboxylic acids is 1. The fourth-order valence-electron chi connectivity index (χ4n) is 4.18. The number of pyridine rings is 2. The van der Waals surface area contributed by atoms with Crippen molar-refractivity contribution >= 4 is 34.4 Å². The molecular weight excluding hydrogens is 542 g/mol. The maximum atomic E-state index is 15.0. The summed E-state index contributed by atoms with van der Waals surface area (Å²) < 4.78 is 85.0. The number of aromatic nitrogens is 2. The van der Waals surface area contributed by atoms with Gasteiger partial charge in [0, 0.05) is 25.9 Å². The van der Waals surface area contributed by atoms with Crippen molar-refractivity contribution in [2.24, 2.45) is 5.92 Å². The number of rotatable bonds is 7. The maximum Gasteiger partial charge on any atom is 0.408 e. The van der Waals surface area contributed by atoms with Crippen LogP contribution in [-0.4, -0.2) is 52.5 Å². The fourth-order valence-corrected chi connectivity index (χ4v) is 4.46. The standard InChI is InChI=1S/C24H21ClF6N4O3/c1-10(36)8-34(2)22-17(28)7-13-19(37)14(23(38)32-20(11-3-4-11)24(29,30)31)9-35(21(13)33-22)18-15(25)5-12(26)6-16(18)27/h5-7,9-11,20,36H,3-4,8H2,1-2H3,(H,32,38)/t10-,20-/m0/s1. The predicted octanol–water partition coefficient (Wildman–Crippen LogP) is 4.34. The third-order valence-corrected chi connectivity index (χ3v) is 6.30. The lowest BCUT2D eigenvalue weighted by Crippen LogP contribution is -2.48. The number of nitrogens with one attached hydrogen (secondary N) is 1. The number of hydrogen-bond acceptors (Lipinski definition) is 5. The molecule has 0 spiro atoms. The number of carbonyl (C=O) groups is 1. The quantitative estimate of drug-likeness (QED) is 0.418. The van der Waals surface area contributed by atoms with Gasteiger partial charge in [0.05, 0.1) is 16.5 Å². The number of amides is 1. The molecule has 2 heterocycles. The molecule has 0 saturated heterocycles. The topological polar surface area (TPSA) is 87.5 Å². The average molecular weight is 563 g/mol. The molecule has 2 atom stereocenters. The van der Waals surface area contributed by atoms with E-state index in [1.807, 2.05) is 5.32 Å². The Bertz CT molecular complexity index is 1450. The molecule has 204 valence electrons. The number of alkyl halides is 3. The number of aliphatic hydroxyl groups excluding tert-OH is 1. The molecule has 1 saturated carbocycles. The van der Waals surface area contributed by atoms with E-state index >= 15 is 4.39 Å². The van der Waals surface area contributed by atoms with Crippen molar-refractivity contribution in [2.45, 2.75) is 38.1 Å². The van der Waals surface area contributed by atoms with Crippen LogP contribution in [0.15, 0.2) is 29.2 Å². The van der Waals surface area contributed by atoms with Gasteiger partial charge >= 0.3 is 6.18 Å². The van der Waals surface area contributed by atoms with Crippen LogP contribution in [0.3, 0.4) is 0 Å². The summed E-state index contributed by atoms with van der Waals surface area (Å²) in [5.41, 5.74) is -3.02. The molecule has 38 heavy (non-hydrogen) atoms. The molecule has 14 heteroatoms. The smallest absolute Gasteiger partial charge is 0.392 e. The van der Waals surface area contributed by atoms with Gasteiger partial charge in [-0.15, -0.1) is 0 Å². The van der Waals surface area contributed by atoms with Crippen LogP contribution < -0.4 is 15.6 Å². The van der Waals surface area contributed by atoms with E-state index in [9.17, 15) is 36.6 Å². The minimum Gasteiger partial charge on any atom is -0.392 e. The Labute approximate surface area is 216 Å². The molecule has 0 aliphatic heterocycles. The van der Waals surface area contributed by atoms with Crippen LogP contribution in [0.2, 0.25) is 5.02 Å². The number of aliphatic hydroxyl groups is 1. The molecule has 1 aliphatic carbocycles. The van der Waals surface area contributed by atoms with Gasteiger partial charge in [-0.25, -0.2) is 18.2 Å². The molecule has 1 aliphatic rings. The predicted molar refractivity (Wildman–Crippen MR) is 127 cm³/mol. The monoisotopic (exact) mass is 562 g/mol. The van der Waals surface area contributed by atoms with Crippen molar-refractivity contribution in [1.82, 2.24) is 14.9 Å². The normalized spacial score (nSPS) is 15.4. The van der Waals surface area contributed by atoms with Gasteiger partial charge in [-0.05, 0) is 37.8 Å². The molecule has 1 fully saturated rings. The lowest BCUT2D eigenvalue weighted by molar-refractivity contribution is -0.158. The van der Waals surface area contributed by atoms with Crippen molar-refractivity contribution in [3.63, 3.8) is 0 Å². The zero-order chi connectivity index (χ0) is 28.1. The van der Waals surface area contributed by atoms with Gasteiger partial charge < -0.3 is 15.3 Å². The highest BCUT2D eigenvalue weighted by molar-refractivity contribution is 6.32. The maximum absolute atomic E-state index is 15.0. The Balaban J connectivity index is 1.97. The summed E-state index contributed by atoms with van der Waals surface area (Å²) >= 11 is 6.06. The second-order valence-electron chi connectivity index (χ2n) is 9.18. The van der Waals surface area contributed by atoms with Crippen LogP contribution in [0, 0.1) is 23.4 Å². The Kier molecular flexibility index (Phi) is 7.36. The number of nitrogens with zero attached hydrogens (tertiary/aromatic N) is 3. The molecular formula is C24H21ClF6N4O3. The van der Waals surface area contributed by atoms with E-state index in [2.05, 4.69) is 4.98 Å². The first-order chi connectivity index (χ1) is 17.7. The lowest BCUT2D eigenvalue weighted by atomic mass is 10.1. The zero-order valence-electron chi connectivity index (χ0n) is 19.9. The number of benzene rings is 1. The van der Waals surface area contributed by atoms with E-state index < -0.39 is 80.3 Å². The summed E-state index contributed by atoms with van der Waals surface area (Å²) in [5.74, 6) is -6.01. The summed E-state index contributed by atoms with van der Waals surface area (Å²) in [6.45, 7) is 1.34. The van der Waals surface area contributed by atoms with Crippen molar-refractivity contribution in [2.75, 3.05) is 18.5 Å². The molecule has 1 aromatic carbocycles. The largest absolute Gasteiger partial charge is 0.408 e. The molecule has 0 unspecified atom stereocenters. The molecule has 2 N–H and O–H groups in total. The summed E-state index contributed by atoms with van der Waals surface area (Å²) in [7, 11) is 1.38. The van der Waals surface area contributed by atoms with Crippen molar-refractivity contribution < 1.29 is 36.2 Å². The second-order valence-corrected chi connectivity index (χ2v) is 9.59. The number of fused-ring (bicyclic) bond motifs is 1. The number of halogens is 7. The highest BCUT2D eigenvalue weighted by atomic mass is 35.5. The van der Waals surface area contributed by atoms with Gasteiger partial charge in [0.2, 0.25) is 5.43 Å². The summed E-state index contributed by atoms with van der Waals surface area (Å²) in [6, 6.07) is -0.332. The van der Waals surface area contributed by atoms with Gasteiger partial charge in [-0.1, -0.05) is 11.6 Å². The minimum atomic E-state index is -4.80. The Morgan fingerprint density at radius 2 is 1.89 bits per heavy atom. The van der Waals surface area contributed by atoms with Gasteiger partial charge in [0.25, 0.3) is 5.91 Å². The average Bonchev–Trinajstić information content (AvgIpc) is 3.61. The summed E-state index contributed by atoms with van der Waals surface area (Å²) in [6.07, 6.45) is -4.54. The number of anilines is 1. The lowest BCUT2D eigenvalue weighted by Gasteiger charge is -2.23. The molecule has 3 aromatic rings. The van der Waals surface area contributed by atoms with E-state index in [-0.39, 0.29) is 25.2 Å². The first-order valence-corrected chi connectivity index (χ1v) is 11.7. The van der Waals surface area contributed by atoms with E-state index in [1.165, 1.54) is 18.9 Å². The van der Waals surface area contributed by atoms with Crippen LogP contribution in [0.5, 0.6) is 0 Å². The van der Waals surface area contributed by atoms with Crippen LogP contribution in [0.25, 0.3) is 16.7 Å². The number of likely N-dealkylation sites (N-methyl/N-ethyl adjacent to an activating group) is 1. The van der Waals surface area contributed by atoms with E-state index in [1.54, 1.807) is 0 Å². The Morgan fingerprint density at radius 1 is 1.24 bits per heavy atom. The zero-order valence-corrected chi connectivity index (χ0v) is 20.7. The molecule has 1 amide bonds. The van der Waals surface area contributed by atoms with E-state index in [0.717, 1.165) is 16.8 Å². The molecule has 0 bridgehead atoms. The first-order valence-electron chi connectivity index (χ1n) is 11.4.